The molecule has 1 aromatic rings. The summed E-state index contributed by atoms with van der Waals surface area (Å²) < 4.78 is 63.4. The van der Waals surface area contributed by atoms with Crippen LogP contribution in [0.25, 0.3) is 0 Å². The zero-order valence-corrected chi connectivity index (χ0v) is 12.7. The van der Waals surface area contributed by atoms with Crippen molar-refractivity contribution in [1.29, 1.82) is 0 Å². The van der Waals surface area contributed by atoms with E-state index < -0.39 is 38.7 Å². The Morgan fingerprint density at radius 3 is 2.09 bits per heavy atom. The minimum Gasteiger partial charge on any atom is -0.480 e. The molecule has 0 bridgehead atoms. The zero-order chi connectivity index (χ0) is 17.1. The van der Waals surface area contributed by atoms with Gasteiger partial charge < -0.3 is 5.11 Å². The van der Waals surface area contributed by atoms with Gasteiger partial charge in [-0.05, 0) is 36.6 Å². The van der Waals surface area contributed by atoms with Crippen molar-refractivity contribution in [2.24, 2.45) is 5.92 Å². The SMILES string of the molecule is CC(C)C[C@H](NS(=O)(=O)c1ccc(C(F)(F)F)cc1)C(=O)O. The molecule has 0 saturated carbocycles. The third-order valence-corrected chi connectivity index (χ3v) is 4.28. The van der Waals surface area contributed by atoms with Gasteiger partial charge in [0.15, 0.2) is 0 Å². The molecule has 0 amide bonds. The molecule has 0 radical (unpaired) electrons. The number of nitrogens with one attached hydrogen (secondary N) is 1. The first-order valence-electron chi connectivity index (χ1n) is 6.36. The van der Waals surface area contributed by atoms with Gasteiger partial charge in [0.2, 0.25) is 10.0 Å². The summed E-state index contributed by atoms with van der Waals surface area (Å²) in [5, 5.41) is 9.01. The normalized spacial score (nSPS) is 14.1. The molecule has 0 heterocycles. The number of hydrogen-bond donors (Lipinski definition) is 2. The maximum absolute atomic E-state index is 12.4. The monoisotopic (exact) mass is 339 g/mol. The van der Waals surface area contributed by atoms with Crippen LogP contribution >= 0.6 is 0 Å². The minimum atomic E-state index is -4.57. The van der Waals surface area contributed by atoms with Crippen LogP contribution in [0.3, 0.4) is 0 Å². The molecule has 124 valence electrons. The quantitative estimate of drug-likeness (QED) is 0.834. The van der Waals surface area contributed by atoms with Gasteiger partial charge in [0.1, 0.15) is 6.04 Å². The van der Waals surface area contributed by atoms with E-state index in [0.717, 1.165) is 12.1 Å². The second-order valence-electron chi connectivity index (χ2n) is 5.16. The van der Waals surface area contributed by atoms with Gasteiger partial charge in [0.25, 0.3) is 0 Å². The average Bonchev–Trinajstić information content (AvgIpc) is 2.36. The third kappa shape index (κ3) is 4.99. The van der Waals surface area contributed by atoms with E-state index in [9.17, 15) is 26.4 Å². The van der Waals surface area contributed by atoms with Crippen LogP contribution in [0, 0.1) is 5.92 Å². The summed E-state index contributed by atoms with van der Waals surface area (Å²) >= 11 is 0. The number of rotatable bonds is 6. The van der Waals surface area contributed by atoms with Gasteiger partial charge in [-0.3, -0.25) is 4.79 Å². The predicted octanol–water partition coefficient (Wildman–Crippen LogP) is 2.48. The number of halogens is 3. The van der Waals surface area contributed by atoms with Crippen molar-refractivity contribution in [3.63, 3.8) is 0 Å². The van der Waals surface area contributed by atoms with Gasteiger partial charge in [0.05, 0.1) is 10.5 Å². The molecular weight excluding hydrogens is 323 g/mol. The topological polar surface area (TPSA) is 83.5 Å². The Hall–Kier alpha value is -1.61. The molecule has 1 atom stereocenters. The molecule has 22 heavy (non-hydrogen) atoms. The van der Waals surface area contributed by atoms with Crippen LogP contribution in [0.4, 0.5) is 13.2 Å². The van der Waals surface area contributed by atoms with Crippen LogP contribution in [0.15, 0.2) is 29.2 Å². The number of hydrogen-bond acceptors (Lipinski definition) is 3. The lowest BCUT2D eigenvalue weighted by Gasteiger charge is -2.17. The summed E-state index contributed by atoms with van der Waals surface area (Å²) in [4.78, 5) is 10.6. The Bertz CT molecular complexity index is 624. The minimum absolute atomic E-state index is 0.0647. The van der Waals surface area contributed by atoms with Gasteiger partial charge in [-0.25, -0.2) is 8.42 Å². The fourth-order valence-electron chi connectivity index (χ4n) is 1.75. The van der Waals surface area contributed by atoms with Crippen molar-refractivity contribution in [3.05, 3.63) is 29.8 Å². The number of aliphatic carboxylic acids is 1. The highest BCUT2D eigenvalue weighted by Crippen LogP contribution is 2.29. The fourth-order valence-corrected chi connectivity index (χ4v) is 2.95. The number of carboxylic acids is 1. The number of benzene rings is 1. The van der Waals surface area contributed by atoms with E-state index in [1.54, 1.807) is 13.8 Å². The first kappa shape index (κ1) is 18.4. The molecule has 0 aliphatic carbocycles. The summed E-state index contributed by atoms with van der Waals surface area (Å²) in [6.45, 7) is 3.45. The second kappa shape index (κ2) is 6.66. The lowest BCUT2D eigenvalue weighted by molar-refractivity contribution is -0.139. The number of carbonyl (C=O) groups is 1. The second-order valence-corrected chi connectivity index (χ2v) is 6.88. The first-order chi connectivity index (χ1) is 9.93. The van der Waals surface area contributed by atoms with E-state index in [0.29, 0.717) is 12.1 Å². The first-order valence-corrected chi connectivity index (χ1v) is 7.84. The molecule has 1 rings (SSSR count). The van der Waals surface area contributed by atoms with Crippen LogP contribution in [0.1, 0.15) is 25.8 Å². The van der Waals surface area contributed by atoms with Crippen molar-refractivity contribution in [2.45, 2.75) is 37.4 Å². The zero-order valence-electron chi connectivity index (χ0n) is 11.9. The fraction of sp³-hybridized carbons (Fsp3) is 0.462. The lowest BCUT2D eigenvalue weighted by atomic mass is 10.1. The molecule has 0 fully saturated rings. The summed E-state index contributed by atoms with van der Waals surface area (Å²) in [6, 6.07) is 1.51. The van der Waals surface area contributed by atoms with Gasteiger partial charge >= 0.3 is 12.1 Å². The Morgan fingerprint density at radius 2 is 1.73 bits per heavy atom. The van der Waals surface area contributed by atoms with Crippen molar-refractivity contribution in [1.82, 2.24) is 4.72 Å². The van der Waals surface area contributed by atoms with Gasteiger partial charge in [-0.2, -0.15) is 17.9 Å². The average molecular weight is 339 g/mol. The standard InChI is InChI=1S/C13H16F3NO4S/c1-8(2)7-11(12(18)19)17-22(20,21)10-5-3-9(4-6-10)13(14,15)16/h3-6,8,11,17H,7H2,1-2H3,(H,18,19)/t11-/m0/s1. The third-order valence-electron chi connectivity index (χ3n) is 2.79. The number of alkyl halides is 3. The highest BCUT2D eigenvalue weighted by atomic mass is 32.2. The number of carboxylic acid groups (broad SMARTS) is 1. The molecule has 0 unspecified atom stereocenters. The Morgan fingerprint density at radius 1 is 1.23 bits per heavy atom. The van der Waals surface area contributed by atoms with Gasteiger partial charge in [0, 0.05) is 0 Å². The predicted molar refractivity (Wildman–Crippen MR) is 72.6 cm³/mol. The van der Waals surface area contributed by atoms with Crippen LogP contribution in [0.2, 0.25) is 0 Å². The van der Waals surface area contributed by atoms with Crippen LogP contribution in [-0.2, 0) is 21.0 Å². The van der Waals surface area contributed by atoms with Gasteiger partial charge in [-0.15, -0.1) is 0 Å². The summed E-state index contributed by atoms with van der Waals surface area (Å²) in [5.74, 6) is -1.42. The number of sulfonamides is 1. The Kier molecular flexibility index (Phi) is 5.58. The van der Waals surface area contributed by atoms with E-state index in [-0.39, 0.29) is 12.3 Å². The summed E-state index contributed by atoms with van der Waals surface area (Å²) in [6.07, 6.45) is -4.51. The molecule has 0 saturated heterocycles. The molecule has 2 N–H and O–H groups in total. The molecule has 1 aromatic carbocycles. The lowest BCUT2D eigenvalue weighted by Crippen LogP contribution is -2.41. The maximum atomic E-state index is 12.4. The highest BCUT2D eigenvalue weighted by Gasteiger charge is 2.31. The molecule has 9 heteroatoms. The molecule has 5 nitrogen and oxygen atoms in total. The largest absolute Gasteiger partial charge is 0.480 e. The Balaban J connectivity index is 3.01. The van der Waals surface area contributed by atoms with E-state index in [1.807, 2.05) is 4.72 Å². The van der Waals surface area contributed by atoms with Crippen LogP contribution < -0.4 is 4.72 Å². The molecule has 0 aliphatic heterocycles. The van der Waals surface area contributed by atoms with Gasteiger partial charge in [-0.1, -0.05) is 13.8 Å². The van der Waals surface area contributed by atoms with Crippen molar-refractivity contribution >= 4 is 16.0 Å². The van der Waals surface area contributed by atoms with E-state index in [2.05, 4.69) is 0 Å². The van der Waals surface area contributed by atoms with Crippen molar-refractivity contribution in [3.8, 4) is 0 Å². The molecule has 0 aliphatic rings. The van der Waals surface area contributed by atoms with E-state index >= 15 is 0 Å². The highest BCUT2D eigenvalue weighted by molar-refractivity contribution is 7.89. The van der Waals surface area contributed by atoms with E-state index in [4.69, 9.17) is 5.11 Å². The van der Waals surface area contributed by atoms with Crippen molar-refractivity contribution < 1.29 is 31.5 Å². The smallest absolute Gasteiger partial charge is 0.416 e. The maximum Gasteiger partial charge on any atom is 0.416 e. The Labute approximate surface area is 126 Å². The molecular formula is C13H16F3NO4S. The van der Waals surface area contributed by atoms with Crippen LogP contribution in [-0.4, -0.2) is 25.5 Å². The molecule has 0 aromatic heterocycles. The van der Waals surface area contributed by atoms with E-state index in [1.165, 1.54) is 0 Å². The summed E-state index contributed by atoms with van der Waals surface area (Å²) in [5.41, 5.74) is -0.983. The molecule has 0 spiro atoms. The summed E-state index contributed by atoms with van der Waals surface area (Å²) in [7, 11) is -4.21. The van der Waals surface area contributed by atoms with Crippen LogP contribution in [0.5, 0.6) is 0 Å². The van der Waals surface area contributed by atoms with Crippen molar-refractivity contribution in [2.75, 3.05) is 0 Å².